The summed E-state index contributed by atoms with van der Waals surface area (Å²) in [6.45, 7) is 7.11. The van der Waals surface area contributed by atoms with Gasteiger partial charge >= 0.3 is 5.69 Å². The van der Waals surface area contributed by atoms with Gasteiger partial charge in [-0.05, 0) is 25.0 Å². The van der Waals surface area contributed by atoms with Gasteiger partial charge in [-0.2, -0.15) is 0 Å². The number of nitrogens with one attached hydrogen (secondary N) is 1. The Kier molecular flexibility index (Phi) is 5.57. The number of benzene rings is 1. The second kappa shape index (κ2) is 6.94. The molecule has 0 aromatic heterocycles. The Morgan fingerprint density at radius 3 is 2.68 bits per heavy atom. The van der Waals surface area contributed by atoms with Gasteiger partial charge in [0.05, 0.1) is 17.6 Å². The SMILES string of the molecule is CCOCC(Nc1cccc(N)c1[N+](=O)[O-])C(C)C. The van der Waals surface area contributed by atoms with E-state index < -0.39 is 4.92 Å². The van der Waals surface area contributed by atoms with Gasteiger partial charge in [0.1, 0.15) is 11.4 Å². The lowest BCUT2D eigenvalue weighted by Gasteiger charge is -2.23. The molecule has 1 aromatic rings. The third-order valence-corrected chi connectivity index (χ3v) is 2.90. The third kappa shape index (κ3) is 4.10. The molecule has 0 heterocycles. The number of nitrogens with zero attached hydrogens (tertiary/aromatic N) is 1. The molecule has 0 aliphatic carbocycles. The Morgan fingerprint density at radius 1 is 1.47 bits per heavy atom. The zero-order valence-corrected chi connectivity index (χ0v) is 11.6. The number of hydrogen-bond donors (Lipinski definition) is 2. The smallest absolute Gasteiger partial charge is 0.314 e. The molecule has 0 fully saturated rings. The van der Waals surface area contributed by atoms with Crippen molar-refractivity contribution in [3.63, 3.8) is 0 Å². The first-order valence-corrected chi connectivity index (χ1v) is 6.34. The van der Waals surface area contributed by atoms with Crippen molar-refractivity contribution in [2.24, 2.45) is 5.92 Å². The molecule has 1 rings (SSSR count). The molecule has 19 heavy (non-hydrogen) atoms. The Hall–Kier alpha value is -1.82. The lowest BCUT2D eigenvalue weighted by Crippen LogP contribution is -2.31. The lowest BCUT2D eigenvalue weighted by molar-refractivity contribution is -0.383. The molecule has 3 N–H and O–H groups in total. The topological polar surface area (TPSA) is 90.4 Å². The van der Waals surface area contributed by atoms with Crippen molar-refractivity contribution in [3.8, 4) is 0 Å². The monoisotopic (exact) mass is 267 g/mol. The van der Waals surface area contributed by atoms with Crippen molar-refractivity contribution in [2.45, 2.75) is 26.8 Å². The zero-order chi connectivity index (χ0) is 14.4. The predicted molar refractivity (Wildman–Crippen MR) is 76.3 cm³/mol. The maximum atomic E-state index is 11.1. The maximum Gasteiger partial charge on any atom is 0.314 e. The van der Waals surface area contributed by atoms with Crippen LogP contribution in [0, 0.1) is 16.0 Å². The van der Waals surface area contributed by atoms with Gasteiger partial charge in [0, 0.05) is 6.61 Å². The predicted octanol–water partition coefficient (Wildman–Crippen LogP) is 2.65. The van der Waals surface area contributed by atoms with E-state index in [4.69, 9.17) is 10.5 Å². The Balaban J connectivity index is 2.96. The fourth-order valence-electron chi connectivity index (χ4n) is 1.73. The average Bonchev–Trinajstić information content (AvgIpc) is 2.33. The molecule has 106 valence electrons. The summed E-state index contributed by atoms with van der Waals surface area (Å²) in [6, 6.07) is 4.88. The normalized spacial score (nSPS) is 12.4. The highest BCUT2D eigenvalue weighted by Crippen LogP contribution is 2.31. The molecule has 0 aliphatic heterocycles. The van der Waals surface area contributed by atoms with Gasteiger partial charge in [-0.25, -0.2) is 0 Å². The minimum atomic E-state index is -0.463. The van der Waals surface area contributed by atoms with Crippen molar-refractivity contribution < 1.29 is 9.66 Å². The molecule has 0 amide bonds. The van der Waals surface area contributed by atoms with E-state index in [2.05, 4.69) is 5.32 Å². The van der Waals surface area contributed by atoms with Crippen LogP contribution in [0.5, 0.6) is 0 Å². The second-order valence-electron chi connectivity index (χ2n) is 4.65. The van der Waals surface area contributed by atoms with E-state index in [0.29, 0.717) is 18.9 Å². The fraction of sp³-hybridized carbons (Fsp3) is 0.538. The molecular formula is C13H21N3O3. The summed E-state index contributed by atoms with van der Waals surface area (Å²) in [7, 11) is 0. The van der Waals surface area contributed by atoms with Gasteiger partial charge in [0.2, 0.25) is 0 Å². The van der Waals surface area contributed by atoms with Gasteiger partial charge in [0.25, 0.3) is 0 Å². The van der Waals surface area contributed by atoms with Gasteiger partial charge in [-0.1, -0.05) is 19.9 Å². The van der Waals surface area contributed by atoms with Crippen LogP contribution in [-0.4, -0.2) is 24.2 Å². The standard InChI is InChI=1S/C13H21N3O3/c1-4-19-8-12(9(2)3)15-11-7-5-6-10(14)13(11)16(17)18/h5-7,9,12,15H,4,8,14H2,1-3H3. The molecule has 0 spiro atoms. The molecule has 0 bridgehead atoms. The minimum absolute atomic E-state index is 0.000417. The van der Waals surface area contributed by atoms with E-state index in [1.54, 1.807) is 12.1 Å². The molecule has 6 heteroatoms. The summed E-state index contributed by atoms with van der Waals surface area (Å²) in [4.78, 5) is 10.6. The maximum absolute atomic E-state index is 11.1. The van der Waals surface area contributed by atoms with Gasteiger partial charge in [-0.3, -0.25) is 10.1 Å². The molecule has 0 saturated carbocycles. The van der Waals surface area contributed by atoms with Crippen molar-refractivity contribution in [3.05, 3.63) is 28.3 Å². The number of nitro groups is 1. The largest absolute Gasteiger partial charge is 0.393 e. The summed E-state index contributed by atoms with van der Waals surface area (Å²) in [5.41, 5.74) is 6.18. The molecule has 1 atom stereocenters. The Bertz CT molecular complexity index is 435. The van der Waals surface area contributed by atoms with Gasteiger partial charge in [-0.15, -0.1) is 0 Å². The average molecular weight is 267 g/mol. The summed E-state index contributed by atoms with van der Waals surface area (Å²) >= 11 is 0. The second-order valence-corrected chi connectivity index (χ2v) is 4.65. The molecule has 0 radical (unpaired) electrons. The van der Waals surface area contributed by atoms with Crippen LogP contribution in [-0.2, 0) is 4.74 Å². The highest BCUT2D eigenvalue weighted by Gasteiger charge is 2.21. The first-order chi connectivity index (χ1) is 8.97. The number of para-hydroxylation sites is 1. The van der Waals surface area contributed by atoms with E-state index in [1.165, 1.54) is 6.07 Å². The van der Waals surface area contributed by atoms with E-state index in [1.807, 2.05) is 20.8 Å². The van der Waals surface area contributed by atoms with Crippen LogP contribution >= 0.6 is 0 Å². The fourth-order valence-corrected chi connectivity index (χ4v) is 1.73. The van der Waals surface area contributed by atoms with Crippen LogP contribution in [0.3, 0.4) is 0 Å². The molecule has 0 aliphatic rings. The van der Waals surface area contributed by atoms with E-state index in [0.717, 1.165) is 0 Å². The van der Waals surface area contributed by atoms with Gasteiger partial charge < -0.3 is 15.8 Å². The summed E-state index contributed by atoms with van der Waals surface area (Å²) in [5, 5.41) is 14.2. The zero-order valence-electron chi connectivity index (χ0n) is 11.6. The van der Waals surface area contributed by atoms with Crippen molar-refractivity contribution in [2.75, 3.05) is 24.3 Å². The number of nitrogen functional groups attached to an aromatic ring is 1. The van der Waals surface area contributed by atoms with Crippen LogP contribution in [0.4, 0.5) is 17.1 Å². The molecule has 1 unspecified atom stereocenters. The first kappa shape index (κ1) is 15.2. The summed E-state index contributed by atoms with van der Waals surface area (Å²) in [5.74, 6) is 0.285. The Labute approximate surface area is 113 Å². The highest BCUT2D eigenvalue weighted by atomic mass is 16.6. The van der Waals surface area contributed by atoms with E-state index in [-0.39, 0.29) is 23.3 Å². The number of hydrogen-bond acceptors (Lipinski definition) is 5. The molecule has 0 saturated heterocycles. The van der Waals surface area contributed by atoms with Gasteiger partial charge in [0.15, 0.2) is 0 Å². The number of rotatable bonds is 7. The quantitative estimate of drug-likeness (QED) is 0.450. The minimum Gasteiger partial charge on any atom is -0.393 e. The summed E-state index contributed by atoms with van der Waals surface area (Å²) in [6.07, 6.45) is 0. The van der Waals surface area contributed by atoms with Crippen molar-refractivity contribution in [1.29, 1.82) is 0 Å². The van der Waals surface area contributed by atoms with Crippen LogP contribution in [0.25, 0.3) is 0 Å². The van der Waals surface area contributed by atoms with E-state index >= 15 is 0 Å². The van der Waals surface area contributed by atoms with Crippen molar-refractivity contribution >= 4 is 17.1 Å². The van der Waals surface area contributed by atoms with Crippen LogP contribution in [0.15, 0.2) is 18.2 Å². The first-order valence-electron chi connectivity index (χ1n) is 6.34. The molecular weight excluding hydrogens is 246 g/mol. The third-order valence-electron chi connectivity index (χ3n) is 2.90. The molecule has 6 nitrogen and oxygen atoms in total. The van der Waals surface area contributed by atoms with Crippen molar-refractivity contribution in [1.82, 2.24) is 0 Å². The number of ether oxygens (including phenoxy) is 1. The van der Waals surface area contributed by atoms with E-state index in [9.17, 15) is 10.1 Å². The molecule has 1 aromatic carbocycles. The van der Waals surface area contributed by atoms with Crippen LogP contribution in [0.1, 0.15) is 20.8 Å². The van der Waals surface area contributed by atoms with Crippen LogP contribution < -0.4 is 11.1 Å². The Morgan fingerprint density at radius 2 is 2.16 bits per heavy atom. The number of anilines is 2. The number of nitro benzene ring substituents is 1. The summed E-state index contributed by atoms with van der Waals surface area (Å²) < 4.78 is 5.40. The van der Waals surface area contributed by atoms with Crippen LogP contribution in [0.2, 0.25) is 0 Å². The lowest BCUT2D eigenvalue weighted by atomic mass is 10.0. The number of nitrogens with two attached hydrogens (primary N) is 1. The highest BCUT2D eigenvalue weighted by molar-refractivity contribution is 5.74.